The zero-order valence-corrected chi connectivity index (χ0v) is 11.0. The minimum atomic E-state index is -0.588. The van der Waals surface area contributed by atoms with Crippen LogP contribution < -0.4 is 15.4 Å². The van der Waals surface area contributed by atoms with Crippen molar-refractivity contribution in [3.05, 3.63) is 11.1 Å². The highest BCUT2D eigenvalue weighted by atomic mass is 32.1. The SMILES string of the molecule is CNC(=O)c1csc(OC(=O)NC(C)(C)C)n1. The van der Waals surface area contributed by atoms with Crippen molar-refractivity contribution in [3.63, 3.8) is 0 Å². The third-order valence-electron chi connectivity index (χ3n) is 1.60. The van der Waals surface area contributed by atoms with E-state index in [0.717, 1.165) is 11.3 Å². The summed E-state index contributed by atoms with van der Waals surface area (Å²) in [6.07, 6.45) is -0.588. The van der Waals surface area contributed by atoms with Crippen LogP contribution in [0.3, 0.4) is 0 Å². The first-order valence-electron chi connectivity index (χ1n) is 4.99. The van der Waals surface area contributed by atoms with E-state index in [4.69, 9.17) is 4.74 Å². The van der Waals surface area contributed by atoms with E-state index in [1.165, 1.54) is 12.4 Å². The molecule has 0 atom stereocenters. The maximum absolute atomic E-state index is 11.4. The standard InChI is InChI=1S/C10H15N3O3S/c1-10(2,3)13-8(15)16-9-12-6(5-17-9)7(14)11-4/h5H,1-4H3,(H,11,14)(H,13,15). The zero-order chi connectivity index (χ0) is 13.1. The molecule has 0 spiro atoms. The van der Waals surface area contributed by atoms with Gasteiger partial charge in [-0.3, -0.25) is 4.79 Å². The van der Waals surface area contributed by atoms with Gasteiger partial charge in [-0.15, -0.1) is 0 Å². The summed E-state index contributed by atoms with van der Waals surface area (Å²) in [6.45, 7) is 5.52. The second-order valence-corrected chi connectivity index (χ2v) is 5.16. The Morgan fingerprint density at radius 2 is 2.06 bits per heavy atom. The predicted octanol–water partition coefficient (Wildman–Crippen LogP) is 1.39. The molecule has 0 saturated carbocycles. The molecule has 0 fully saturated rings. The van der Waals surface area contributed by atoms with Gasteiger partial charge < -0.3 is 15.4 Å². The number of hydrogen-bond acceptors (Lipinski definition) is 5. The lowest BCUT2D eigenvalue weighted by Crippen LogP contribution is -2.42. The third kappa shape index (κ3) is 4.39. The molecular formula is C10H15N3O3S. The number of nitrogens with one attached hydrogen (secondary N) is 2. The van der Waals surface area contributed by atoms with Crippen LogP contribution in [0.5, 0.6) is 5.19 Å². The maximum atomic E-state index is 11.4. The van der Waals surface area contributed by atoms with Crippen LogP contribution in [0.4, 0.5) is 4.79 Å². The van der Waals surface area contributed by atoms with Gasteiger partial charge in [0, 0.05) is 18.0 Å². The van der Waals surface area contributed by atoms with E-state index in [0.29, 0.717) is 0 Å². The number of carbonyl (C=O) groups excluding carboxylic acids is 2. The van der Waals surface area contributed by atoms with Gasteiger partial charge >= 0.3 is 6.09 Å². The number of thiazole rings is 1. The smallest absolute Gasteiger partial charge is 0.381 e. The van der Waals surface area contributed by atoms with Gasteiger partial charge in [0.15, 0.2) is 0 Å². The van der Waals surface area contributed by atoms with Crippen LogP contribution in [-0.2, 0) is 0 Å². The Morgan fingerprint density at radius 1 is 1.41 bits per heavy atom. The van der Waals surface area contributed by atoms with Crippen LogP contribution in [-0.4, -0.2) is 29.6 Å². The minimum Gasteiger partial charge on any atom is -0.381 e. The average molecular weight is 257 g/mol. The summed E-state index contributed by atoms with van der Waals surface area (Å²) in [5.74, 6) is -0.313. The highest BCUT2D eigenvalue weighted by Gasteiger charge is 2.17. The number of ether oxygens (including phenoxy) is 1. The van der Waals surface area contributed by atoms with Crippen molar-refractivity contribution in [1.82, 2.24) is 15.6 Å². The quantitative estimate of drug-likeness (QED) is 0.839. The normalized spacial score (nSPS) is 10.8. The molecule has 2 amide bonds. The van der Waals surface area contributed by atoms with Crippen molar-refractivity contribution >= 4 is 23.3 Å². The Morgan fingerprint density at radius 3 is 2.59 bits per heavy atom. The number of rotatable bonds is 2. The number of carbonyl (C=O) groups is 2. The fourth-order valence-corrected chi connectivity index (χ4v) is 1.59. The molecular weight excluding hydrogens is 242 g/mol. The number of aromatic nitrogens is 1. The van der Waals surface area contributed by atoms with Gasteiger partial charge in [-0.05, 0) is 20.8 Å². The van der Waals surface area contributed by atoms with E-state index in [1.807, 2.05) is 20.8 Å². The lowest BCUT2D eigenvalue weighted by Gasteiger charge is -2.18. The molecule has 0 saturated heterocycles. The molecule has 0 unspecified atom stereocenters. The van der Waals surface area contributed by atoms with E-state index in [1.54, 1.807) is 0 Å². The molecule has 1 rings (SSSR count). The van der Waals surface area contributed by atoms with Gasteiger partial charge in [-0.2, -0.15) is 4.98 Å². The Hall–Kier alpha value is -1.63. The highest BCUT2D eigenvalue weighted by molar-refractivity contribution is 7.11. The number of hydrogen-bond donors (Lipinski definition) is 2. The van der Waals surface area contributed by atoms with Crippen molar-refractivity contribution < 1.29 is 14.3 Å². The molecule has 1 aromatic heterocycles. The summed E-state index contributed by atoms with van der Waals surface area (Å²) in [5, 5.41) is 6.73. The van der Waals surface area contributed by atoms with Crippen molar-refractivity contribution in [2.24, 2.45) is 0 Å². The molecule has 0 aromatic carbocycles. The molecule has 7 heteroatoms. The summed E-state index contributed by atoms with van der Waals surface area (Å²) in [7, 11) is 1.51. The lowest BCUT2D eigenvalue weighted by molar-refractivity contribution is 0.0958. The van der Waals surface area contributed by atoms with E-state index >= 15 is 0 Å². The molecule has 1 aromatic rings. The van der Waals surface area contributed by atoms with Crippen LogP contribution in [0.25, 0.3) is 0 Å². The Kier molecular flexibility index (Phi) is 4.06. The van der Waals surface area contributed by atoms with Crippen LogP contribution in [0.2, 0.25) is 0 Å². The fraction of sp³-hybridized carbons (Fsp3) is 0.500. The van der Waals surface area contributed by atoms with Crippen molar-refractivity contribution in [2.45, 2.75) is 26.3 Å². The van der Waals surface area contributed by atoms with Crippen LogP contribution >= 0.6 is 11.3 Å². The Bertz CT molecular complexity index is 423. The Balaban J connectivity index is 2.61. The van der Waals surface area contributed by atoms with Crippen molar-refractivity contribution in [2.75, 3.05) is 7.05 Å². The lowest BCUT2D eigenvalue weighted by atomic mass is 10.1. The van der Waals surface area contributed by atoms with Gasteiger partial charge in [0.05, 0.1) is 0 Å². The molecule has 1 heterocycles. The van der Waals surface area contributed by atoms with Gasteiger partial charge in [0.25, 0.3) is 11.1 Å². The monoisotopic (exact) mass is 257 g/mol. The third-order valence-corrected chi connectivity index (χ3v) is 2.32. The molecule has 0 aliphatic rings. The van der Waals surface area contributed by atoms with Crippen molar-refractivity contribution in [3.8, 4) is 5.19 Å². The predicted molar refractivity (Wildman–Crippen MR) is 64.4 cm³/mol. The summed E-state index contributed by atoms with van der Waals surface area (Å²) >= 11 is 1.09. The topological polar surface area (TPSA) is 80.3 Å². The van der Waals surface area contributed by atoms with Crippen LogP contribution in [0, 0.1) is 0 Å². The van der Waals surface area contributed by atoms with E-state index in [2.05, 4.69) is 15.6 Å². The molecule has 0 radical (unpaired) electrons. The molecule has 0 bridgehead atoms. The summed E-state index contributed by atoms with van der Waals surface area (Å²) in [5.41, 5.74) is -0.145. The first kappa shape index (κ1) is 13.4. The van der Waals surface area contributed by atoms with Gasteiger partial charge in [0.1, 0.15) is 5.69 Å². The number of nitrogens with zero attached hydrogens (tertiary/aromatic N) is 1. The van der Waals surface area contributed by atoms with Crippen molar-refractivity contribution in [1.29, 1.82) is 0 Å². The van der Waals surface area contributed by atoms with Gasteiger partial charge in [-0.25, -0.2) is 4.79 Å². The zero-order valence-electron chi connectivity index (χ0n) is 10.2. The second-order valence-electron chi connectivity index (χ2n) is 4.34. The molecule has 17 heavy (non-hydrogen) atoms. The van der Waals surface area contributed by atoms with Gasteiger partial charge in [0.2, 0.25) is 0 Å². The van der Waals surface area contributed by atoms with E-state index in [9.17, 15) is 9.59 Å². The summed E-state index contributed by atoms with van der Waals surface area (Å²) in [6, 6.07) is 0. The second kappa shape index (κ2) is 5.13. The molecule has 0 aliphatic carbocycles. The largest absolute Gasteiger partial charge is 0.414 e. The number of amides is 2. The summed E-state index contributed by atoms with van der Waals surface area (Å²) < 4.78 is 4.94. The molecule has 0 aliphatic heterocycles. The van der Waals surface area contributed by atoms with E-state index in [-0.39, 0.29) is 22.3 Å². The summed E-state index contributed by atoms with van der Waals surface area (Å²) in [4.78, 5) is 26.5. The minimum absolute atomic E-state index is 0.144. The Labute approximate surface area is 103 Å². The maximum Gasteiger partial charge on any atom is 0.414 e. The molecule has 2 N–H and O–H groups in total. The first-order chi connectivity index (χ1) is 7.81. The van der Waals surface area contributed by atoms with Gasteiger partial charge in [-0.1, -0.05) is 11.3 Å². The average Bonchev–Trinajstić information content (AvgIpc) is 2.62. The fourth-order valence-electron chi connectivity index (χ4n) is 0.948. The first-order valence-corrected chi connectivity index (χ1v) is 5.87. The van der Waals surface area contributed by atoms with E-state index < -0.39 is 6.09 Å². The van der Waals surface area contributed by atoms with Crippen LogP contribution in [0.15, 0.2) is 5.38 Å². The molecule has 94 valence electrons. The highest BCUT2D eigenvalue weighted by Crippen LogP contribution is 2.18. The molecule has 6 nitrogen and oxygen atoms in total. The van der Waals surface area contributed by atoms with Crippen LogP contribution in [0.1, 0.15) is 31.3 Å².